The Hall–Kier alpha value is -2.30. The molecule has 1 aliphatic heterocycles. The average Bonchev–Trinajstić information content (AvgIpc) is 2.50. The van der Waals surface area contributed by atoms with Crippen molar-refractivity contribution in [1.82, 2.24) is 0 Å². The molecule has 1 heterocycles. The predicted molar refractivity (Wildman–Crippen MR) is 83.3 cm³/mol. The minimum Gasteiger partial charge on any atom is -0.434 e. The van der Waals surface area contributed by atoms with Gasteiger partial charge in [-0.25, -0.2) is 0 Å². The second-order valence-corrected chi connectivity index (χ2v) is 5.36. The molecule has 2 N–H and O–H groups in total. The van der Waals surface area contributed by atoms with Gasteiger partial charge in [-0.1, -0.05) is 24.3 Å². The Bertz CT molecular complexity index is 661. The van der Waals surface area contributed by atoms with Crippen molar-refractivity contribution in [3.63, 3.8) is 0 Å². The third-order valence-corrected chi connectivity index (χ3v) is 3.93. The van der Waals surface area contributed by atoms with Crippen molar-refractivity contribution >= 4 is 11.4 Å². The van der Waals surface area contributed by atoms with E-state index in [2.05, 4.69) is 9.64 Å². The second-order valence-electron chi connectivity index (χ2n) is 5.36. The van der Waals surface area contributed by atoms with E-state index < -0.39 is 6.61 Å². The number of benzene rings is 2. The lowest BCUT2D eigenvalue weighted by Crippen LogP contribution is -2.29. The number of para-hydroxylation sites is 1. The monoisotopic (exact) mass is 304 g/mol. The Morgan fingerprint density at radius 3 is 2.77 bits per heavy atom. The number of halogens is 2. The highest BCUT2D eigenvalue weighted by atomic mass is 19.3. The first-order valence-electron chi connectivity index (χ1n) is 7.30. The highest BCUT2D eigenvalue weighted by Gasteiger charge is 2.20. The Kier molecular flexibility index (Phi) is 4.13. The van der Waals surface area contributed by atoms with Gasteiger partial charge in [-0.05, 0) is 36.6 Å². The molecule has 3 rings (SSSR count). The molecule has 0 unspecified atom stereocenters. The number of nitrogens with zero attached hydrogens (tertiary/aromatic N) is 1. The van der Waals surface area contributed by atoms with E-state index in [1.165, 1.54) is 0 Å². The molecule has 5 heteroatoms. The molecule has 0 aliphatic carbocycles. The highest BCUT2D eigenvalue weighted by molar-refractivity contribution is 5.66. The van der Waals surface area contributed by atoms with Crippen molar-refractivity contribution < 1.29 is 13.5 Å². The van der Waals surface area contributed by atoms with Gasteiger partial charge < -0.3 is 15.4 Å². The molecule has 0 fully saturated rings. The molecular formula is C17H18F2N2O. The van der Waals surface area contributed by atoms with Crippen LogP contribution < -0.4 is 15.4 Å². The summed E-state index contributed by atoms with van der Waals surface area (Å²) in [5, 5.41) is 0. The molecule has 116 valence electrons. The third-order valence-electron chi connectivity index (χ3n) is 3.93. The van der Waals surface area contributed by atoms with Crippen LogP contribution in [-0.2, 0) is 13.0 Å². The summed E-state index contributed by atoms with van der Waals surface area (Å²) in [4.78, 5) is 2.17. The fraction of sp³-hybridized carbons (Fsp3) is 0.294. The molecule has 3 nitrogen and oxygen atoms in total. The fourth-order valence-electron chi connectivity index (χ4n) is 2.94. The lowest BCUT2D eigenvalue weighted by atomic mass is 9.99. The normalized spacial score (nSPS) is 14.0. The van der Waals surface area contributed by atoms with E-state index in [1.54, 1.807) is 12.1 Å². The number of alkyl halides is 2. The van der Waals surface area contributed by atoms with E-state index in [-0.39, 0.29) is 5.75 Å². The summed E-state index contributed by atoms with van der Waals surface area (Å²) in [5.41, 5.74) is 9.80. The van der Waals surface area contributed by atoms with Crippen LogP contribution >= 0.6 is 0 Å². The lowest BCUT2D eigenvalue weighted by molar-refractivity contribution is -0.0504. The van der Waals surface area contributed by atoms with E-state index >= 15 is 0 Å². The number of nitrogen functional groups attached to an aromatic ring is 1. The molecular weight excluding hydrogens is 286 g/mol. The Balaban J connectivity index is 1.88. The number of ether oxygens (including phenoxy) is 1. The van der Waals surface area contributed by atoms with E-state index in [0.717, 1.165) is 41.9 Å². The van der Waals surface area contributed by atoms with Gasteiger partial charge in [0.15, 0.2) is 0 Å². The molecule has 0 amide bonds. The van der Waals surface area contributed by atoms with Crippen molar-refractivity contribution in [3.8, 4) is 5.75 Å². The second kappa shape index (κ2) is 6.22. The highest BCUT2D eigenvalue weighted by Crippen LogP contribution is 2.33. The molecule has 0 spiro atoms. The van der Waals surface area contributed by atoms with Crippen molar-refractivity contribution in [2.24, 2.45) is 0 Å². The van der Waals surface area contributed by atoms with Crippen LogP contribution in [0.1, 0.15) is 17.5 Å². The maximum atomic E-state index is 12.5. The van der Waals surface area contributed by atoms with Gasteiger partial charge in [0.05, 0.1) is 0 Å². The quantitative estimate of drug-likeness (QED) is 0.873. The molecule has 0 saturated carbocycles. The van der Waals surface area contributed by atoms with Crippen molar-refractivity contribution in [2.75, 3.05) is 17.2 Å². The minimum atomic E-state index is -2.81. The lowest BCUT2D eigenvalue weighted by Gasteiger charge is -2.32. The summed E-state index contributed by atoms with van der Waals surface area (Å²) in [6, 6.07) is 12.8. The Morgan fingerprint density at radius 1 is 1.14 bits per heavy atom. The van der Waals surface area contributed by atoms with E-state index in [1.807, 2.05) is 30.3 Å². The maximum absolute atomic E-state index is 12.5. The van der Waals surface area contributed by atoms with E-state index in [0.29, 0.717) is 6.54 Å². The van der Waals surface area contributed by atoms with Gasteiger partial charge in [0.25, 0.3) is 0 Å². The number of rotatable bonds is 4. The third kappa shape index (κ3) is 2.98. The summed E-state index contributed by atoms with van der Waals surface area (Å²) < 4.78 is 29.7. The van der Waals surface area contributed by atoms with Crippen LogP contribution in [0.2, 0.25) is 0 Å². The smallest absolute Gasteiger partial charge is 0.387 e. The van der Waals surface area contributed by atoms with Crippen LogP contribution in [0, 0.1) is 0 Å². The van der Waals surface area contributed by atoms with Gasteiger partial charge in [0.2, 0.25) is 0 Å². The zero-order chi connectivity index (χ0) is 15.5. The van der Waals surface area contributed by atoms with Crippen LogP contribution in [0.4, 0.5) is 20.2 Å². The number of anilines is 2. The number of fused-ring (bicyclic) bond motifs is 1. The van der Waals surface area contributed by atoms with Gasteiger partial charge in [-0.2, -0.15) is 8.78 Å². The summed E-state index contributed by atoms with van der Waals surface area (Å²) in [7, 11) is 0. The maximum Gasteiger partial charge on any atom is 0.387 e. The molecule has 0 atom stereocenters. The molecule has 22 heavy (non-hydrogen) atoms. The molecule has 0 radical (unpaired) electrons. The largest absolute Gasteiger partial charge is 0.434 e. The number of nitrogens with two attached hydrogens (primary N) is 1. The topological polar surface area (TPSA) is 38.5 Å². The zero-order valence-corrected chi connectivity index (χ0v) is 12.1. The first-order chi connectivity index (χ1) is 10.6. The van der Waals surface area contributed by atoms with Crippen molar-refractivity contribution in [3.05, 3.63) is 53.6 Å². The van der Waals surface area contributed by atoms with Crippen LogP contribution in [0.15, 0.2) is 42.5 Å². The zero-order valence-electron chi connectivity index (χ0n) is 12.1. The van der Waals surface area contributed by atoms with Crippen LogP contribution in [0.5, 0.6) is 5.75 Å². The average molecular weight is 304 g/mol. The Labute approximate surface area is 128 Å². The minimum absolute atomic E-state index is 0.230. The van der Waals surface area contributed by atoms with Crippen molar-refractivity contribution in [1.29, 1.82) is 0 Å². The van der Waals surface area contributed by atoms with Gasteiger partial charge in [-0.3, -0.25) is 0 Å². The molecule has 2 aromatic carbocycles. The predicted octanol–water partition coefficient (Wildman–Crippen LogP) is 3.82. The van der Waals surface area contributed by atoms with Gasteiger partial charge in [0, 0.05) is 30.0 Å². The van der Waals surface area contributed by atoms with Gasteiger partial charge in [-0.15, -0.1) is 0 Å². The molecule has 0 aromatic heterocycles. The first kappa shape index (κ1) is 14.6. The summed E-state index contributed by atoms with van der Waals surface area (Å²) in [6.45, 7) is -1.41. The van der Waals surface area contributed by atoms with Gasteiger partial charge in [0.1, 0.15) is 5.75 Å². The number of hydrogen-bond acceptors (Lipinski definition) is 3. The molecule has 2 aromatic rings. The van der Waals surface area contributed by atoms with Crippen molar-refractivity contribution in [2.45, 2.75) is 26.0 Å². The summed E-state index contributed by atoms with van der Waals surface area (Å²) >= 11 is 0. The Morgan fingerprint density at radius 2 is 1.95 bits per heavy atom. The standard InChI is InChI=1S/C17H18F2N2O/c18-17(19)22-16-9-2-1-5-12(16)11-21-10-4-6-13-14(20)7-3-8-15(13)21/h1-3,5,7-9,17H,4,6,10-11,20H2. The van der Waals surface area contributed by atoms with Crippen LogP contribution in [0.3, 0.4) is 0 Å². The van der Waals surface area contributed by atoms with Gasteiger partial charge >= 0.3 is 6.61 Å². The summed E-state index contributed by atoms with van der Waals surface area (Å²) in [5.74, 6) is 0.230. The van der Waals surface area contributed by atoms with Crippen LogP contribution in [-0.4, -0.2) is 13.2 Å². The summed E-state index contributed by atoms with van der Waals surface area (Å²) in [6.07, 6.45) is 1.95. The number of hydrogen-bond donors (Lipinski definition) is 1. The van der Waals surface area contributed by atoms with E-state index in [9.17, 15) is 8.78 Å². The first-order valence-corrected chi connectivity index (χ1v) is 7.30. The van der Waals surface area contributed by atoms with Crippen LogP contribution in [0.25, 0.3) is 0 Å². The SMILES string of the molecule is Nc1cccc2c1CCCN2Cc1ccccc1OC(F)F. The molecule has 0 bridgehead atoms. The fourth-order valence-corrected chi connectivity index (χ4v) is 2.94. The molecule has 0 saturated heterocycles. The van der Waals surface area contributed by atoms with E-state index in [4.69, 9.17) is 5.73 Å². The molecule has 1 aliphatic rings.